The van der Waals surface area contributed by atoms with Crippen LogP contribution < -0.4 is 10.6 Å². The normalized spacial score (nSPS) is 16.9. The SMILES string of the molecule is Cc1cccc(N2CCN(CCCCN)CC2)c1C. The maximum atomic E-state index is 5.55. The highest BCUT2D eigenvalue weighted by Crippen LogP contribution is 2.23. The second kappa shape index (κ2) is 6.92. The summed E-state index contributed by atoms with van der Waals surface area (Å²) >= 11 is 0. The zero-order valence-corrected chi connectivity index (χ0v) is 12.4. The molecule has 1 saturated heterocycles. The lowest BCUT2D eigenvalue weighted by atomic mass is 10.1. The first-order valence-electron chi connectivity index (χ1n) is 7.46. The van der Waals surface area contributed by atoms with Crippen molar-refractivity contribution in [2.45, 2.75) is 26.7 Å². The summed E-state index contributed by atoms with van der Waals surface area (Å²) in [4.78, 5) is 5.10. The van der Waals surface area contributed by atoms with Crippen molar-refractivity contribution in [1.29, 1.82) is 0 Å². The molecule has 0 atom stereocenters. The third kappa shape index (κ3) is 3.71. The van der Waals surface area contributed by atoms with Crippen LogP contribution in [0.1, 0.15) is 24.0 Å². The Morgan fingerprint density at radius 3 is 2.47 bits per heavy atom. The van der Waals surface area contributed by atoms with Gasteiger partial charge in [-0.15, -0.1) is 0 Å². The van der Waals surface area contributed by atoms with Crippen LogP contribution in [-0.2, 0) is 0 Å². The van der Waals surface area contributed by atoms with Crippen molar-refractivity contribution in [2.75, 3.05) is 44.2 Å². The van der Waals surface area contributed by atoms with Crippen LogP contribution in [0.15, 0.2) is 18.2 Å². The molecule has 19 heavy (non-hydrogen) atoms. The van der Waals surface area contributed by atoms with E-state index in [1.54, 1.807) is 0 Å². The van der Waals surface area contributed by atoms with Crippen LogP contribution in [0.5, 0.6) is 0 Å². The smallest absolute Gasteiger partial charge is 0.0399 e. The molecule has 1 aliphatic rings. The molecule has 106 valence electrons. The largest absolute Gasteiger partial charge is 0.369 e. The van der Waals surface area contributed by atoms with E-state index in [4.69, 9.17) is 5.73 Å². The van der Waals surface area contributed by atoms with Gasteiger partial charge in [0.2, 0.25) is 0 Å². The van der Waals surface area contributed by atoms with Gasteiger partial charge in [-0.2, -0.15) is 0 Å². The third-order valence-corrected chi connectivity index (χ3v) is 4.22. The van der Waals surface area contributed by atoms with Crippen molar-refractivity contribution in [1.82, 2.24) is 4.90 Å². The average molecular weight is 261 g/mol. The highest BCUT2D eigenvalue weighted by atomic mass is 15.3. The van der Waals surface area contributed by atoms with E-state index in [0.717, 1.165) is 26.1 Å². The molecule has 1 aromatic carbocycles. The van der Waals surface area contributed by atoms with Crippen LogP contribution in [0.4, 0.5) is 5.69 Å². The number of hydrogen-bond donors (Lipinski definition) is 1. The molecular formula is C16H27N3. The molecule has 1 aromatic rings. The molecule has 0 saturated carbocycles. The predicted molar refractivity (Wildman–Crippen MR) is 82.9 cm³/mol. The Labute approximate surface area is 117 Å². The van der Waals surface area contributed by atoms with Crippen molar-refractivity contribution < 1.29 is 0 Å². The molecule has 1 fully saturated rings. The number of rotatable bonds is 5. The lowest BCUT2D eigenvalue weighted by molar-refractivity contribution is 0.253. The second-order valence-corrected chi connectivity index (χ2v) is 5.54. The summed E-state index contributed by atoms with van der Waals surface area (Å²) in [6.45, 7) is 11.1. The Bertz CT molecular complexity index is 395. The zero-order chi connectivity index (χ0) is 13.7. The fraction of sp³-hybridized carbons (Fsp3) is 0.625. The Kier molecular flexibility index (Phi) is 5.23. The van der Waals surface area contributed by atoms with Gasteiger partial charge in [0, 0.05) is 31.9 Å². The summed E-state index contributed by atoms with van der Waals surface area (Å²) in [6, 6.07) is 6.62. The van der Waals surface area contributed by atoms with Crippen molar-refractivity contribution in [3.8, 4) is 0 Å². The standard InChI is InChI=1S/C16H27N3/c1-14-6-5-7-16(15(14)2)19-12-10-18(11-13-19)9-4-3-8-17/h5-7H,3-4,8-13,17H2,1-2H3. The van der Waals surface area contributed by atoms with Crippen molar-refractivity contribution >= 4 is 5.69 Å². The summed E-state index contributed by atoms with van der Waals surface area (Å²) in [7, 11) is 0. The van der Waals surface area contributed by atoms with E-state index in [0.29, 0.717) is 0 Å². The van der Waals surface area contributed by atoms with Gasteiger partial charge in [0.15, 0.2) is 0 Å². The van der Waals surface area contributed by atoms with Gasteiger partial charge in [0.05, 0.1) is 0 Å². The van der Waals surface area contributed by atoms with Crippen LogP contribution in [0.2, 0.25) is 0 Å². The molecule has 1 heterocycles. The van der Waals surface area contributed by atoms with Crippen LogP contribution in [-0.4, -0.2) is 44.2 Å². The molecule has 0 bridgehead atoms. The summed E-state index contributed by atoms with van der Waals surface area (Å²) in [5.74, 6) is 0. The Morgan fingerprint density at radius 1 is 1.05 bits per heavy atom. The van der Waals surface area contributed by atoms with Gasteiger partial charge < -0.3 is 10.6 Å². The summed E-state index contributed by atoms with van der Waals surface area (Å²) in [6.07, 6.45) is 2.39. The minimum absolute atomic E-state index is 0.822. The predicted octanol–water partition coefficient (Wildman–Crippen LogP) is 2.16. The Balaban J connectivity index is 1.87. The fourth-order valence-electron chi connectivity index (χ4n) is 2.77. The van der Waals surface area contributed by atoms with E-state index in [1.165, 1.54) is 42.9 Å². The van der Waals surface area contributed by atoms with E-state index in [9.17, 15) is 0 Å². The van der Waals surface area contributed by atoms with Crippen molar-refractivity contribution in [3.05, 3.63) is 29.3 Å². The van der Waals surface area contributed by atoms with Crippen LogP contribution in [0, 0.1) is 13.8 Å². The highest BCUT2D eigenvalue weighted by Gasteiger charge is 2.18. The average Bonchev–Trinajstić information content (AvgIpc) is 2.43. The molecule has 0 radical (unpaired) electrons. The second-order valence-electron chi connectivity index (χ2n) is 5.54. The molecule has 3 heteroatoms. The molecule has 3 nitrogen and oxygen atoms in total. The van der Waals surface area contributed by atoms with Crippen LogP contribution in [0.3, 0.4) is 0 Å². The number of unbranched alkanes of at least 4 members (excludes halogenated alkanes) is 1. The van der Waals surface area contributed by atoms with Gasteiger partial charge in [-0.3, -0.25) is 4.90 Å². The monoisotopic (exact) mass is 261 g/mol. The topological polar surface area (TPSA) is 32.5 Å². The number of nitrogens with two attached hydrogens (primary N) is 1. The lowest BCUT2D eigenvalue weighted by Crippen LogP contribution is -2.46. The summed E-state index contributed by atoms with van der Waals surface area (Å²) in [5, 5.41) is 0. The molecule has 0 aromatic heterocycles. The van der Waals surface area contributed by atoms with E-state index >= 15 is 0 Å². The van der Waals surface area contributed by atoms with E-state index in [1.807, 2.05) is 0 Å². The first-order chi connectivity index (χ1) is 9.22. The Morgan fingerprint density at radius 2 is 1.79 bits per heavy atom. The molecule has 0 amide bonds. The third-order valence-electron chi connectivity index (χ3n) is 4.22. The highest BCUT2D eigenvalue weighted by molar-refractivity contribution is 5.56. The lowest BCUT2D eigenvalue weighted by Gasteiger charge is -2.37. The number of aryl methyl sites for hydroxylation is 1. The minimum atomic E-state index is 0.822. The van der Waals surface area contributed by atoms with Gasteiger partial charge in [0.1, 0.15) is 0 Å². The number of benzene rings is 1. The number of hydrogen-bond acceptors (Lipinski definition) is 3. The summed E-state index contributed by atoms with van der Waals surface area (Å²) in [5.41, 5.74) is 9.79. The maximum absolute atomic E-state index is 5.55. The van der Waals surface area contributed by atoms with Crippen LogP contribution in [0.25, 0.3) is 0 Å². The number of nitrogens with zero attached hydrogens (tertiary/aromatic N) is 2. The first-order valence-corrected chi connectivity index (χ1v) is 7.46. The van der Waals surface area contributed by atoms with Crippen LogP contribution >= 0.6 is 0 Å². The first kappa shape index (κ1) is 14.4. The number of anilines is 1. The van der Waals surface area contributed by atoms with Gasteiger partial charge in [-0.25, -0.2) is 0 Å². The molecule has 2 N–H and O–H groups in total. The van der Waals surface area contributed by atoms with E-state index in [2.05, 4.69) is 41.8 Å². The molecule has 0 spiro atoms. The van der Waals surface area contributed by atoms with E-state index < -0.39 is 0 Å². The molecule has 1 aliphatic heterocycles. The Hall–Kier alpha value is -1.06. The van der Waals surface area contributed by atoms with E-state index in [-0.39, 0.29) is 0 Å². The van der Waals surface area contributed by atoms with Gasteiger partial charge >= 0.3 is 0 Å². The minimum Gasteiger partial charge on any atom is -0.369 e. The zero-order valence-electron chi connectivity index (χ0n) is 12.4. The molecule has 2 rings (SSSR count). The molecule has 0 unspecified atom stereocenters. The molecular weight excluding hydrogens is 234 g/mol. The number of piperazine rings is 1. The van der Waals surface area contributed by atoms with Gasteiger partial charge in [0.25, 0.3) is 0 Å². The van der Waals surface area contributed by atoms with Gasteiger partial charge in [-0.1, -0.05) is 12.1 Å². The van der Waals surface area contributed by atoms with Crippen molar-refractivity contribution in [2.24, 2.45) is 5.73 Å². The fourth-order valence-corrected chi connectivity index (χ4v) is 2.77. The quantitative estimate of drug-likeness (QED) is 0.825. The molecule has 0 aliphatic carbocycles. The van der Waals surface area contributed by atoms with Gasteiger partial charge in [-0.05, 0) is 57.0 Å². The maximum Gasteiger partial charge on any atom is 0.0399 e. The van der Waals surface area contributed by atoms with Crippen molar-refractivity contribution in [3.63, 3.8) is 0 Å². The summed E-state index contributed by atoms with van der Waals surface area (Å²) < 4.78 is 0.